The molecule has 0 aliphatic heterocycles. The first-order valence-corrected chi connectivity index (χ1v) is 5.65. The zero-order valence-electron chi connectivity index (χ0n) is 10.5. The highest BCUT2D eigenvalue weighted by atomic mass is 19.1. The zero-order chi connectivity index (χ0) is 14.0. The van der Waals surface area contributed by atoms with E-state index in [4.69, 9.17) is 4.74 Å². The number of aromatic nitrogens is 1. The predicted octanol–water partition coefficient (Wildman–Crippen LogP) is 2.88. The van der Waals surface area contributed by atoms with E-state index in [2.05, 4.69) is 0 Å². The smallest absolute Gasteiger partial charge is 0.308 e. The van der Waals surface area contributed by atoms with Gasteiger partial charge in [-0.15, -0.1) is 0 Å². The maximum Gasteiger partial charge on any atom is 0.308 e. The number of benzene rings is 1. The predicted molar refractivity (Wildman–Crippen MR) is 67.4 cm³/mol. The number of carbonyl (C=O) groups excluding carboxylic acids is 2. The van der Waals surface area contributed by atoms with Gasteiger partial charge in [-0.25, -0.2) is 4.39 Å². The molecule has 1 aromatic heterocycles. The van der Waals surface area contributed by atoms with Gasteiger partial charge in [0.15, 0.2) is 0 Å². The molecule has 1 heterocycles. The van der Waals surface area contributed by atoms with Gasteiger partial charge in [0.25, 0.3) is 0 Å². The summed E-state index contributed by atoms with van der Waals surface area (Å²) in [4.78, 5) is 22.5. The minimum Gasteiger partial charge on any atom is -0.425 e. The van der Waals surface area contributed by atoms with Crippen LogP contribution in [0.4, 0.5) is 4.39 Å². The maximum absolute atomic E-state index is 13.8. The summed E-state index contributed by atoms with van der Waals surface area (Å²) in [5.41, 5.74) is 0.623. The fraction of sp³-hybridized carbons (Fsp3) is 0.143. The van der Waals surface area contributed by atoms with E-state index in [-0.39, 0.29) is 17.2 Å². The molecule has 2 rings (SSSR count). The molecular formula is C14H12FNO3. The van der Waals surface area contributed by atoms with Gasteiger partial charge < -0.3 is 4.74 Å². The van der Waals surface area contributed by atoms with Crippen LogP contribution in [0.15, 0.2) is 36.5 Å². The molecule has 1 aromatic carbocycles. The van der Waals surface area contributed by atoms with Crippen molar-refractivity contribution in [1.29, 1.82) is 0 Å². The minimum atomic E-state index is -0.499. The zero-order valence-corrected chi connectivity index (χ0v) is 10.5. The summed E-state index contributed by atoms with van der Waals surface area (Å²) in [6.07, 6.45) is 1.37. The Hall–Kier alpha value is -2.43. The lowest BCUT2D eigenvalue weighted by Crippen LogP contribution is -2.06. The van der Waals surface area contributed by atoms with Crippen LogP contribution in [0.2, 0.25) is 0 Å². The number of ether oxygens (including phenoxy) is 1. The number of nitrogens with zero attached hydrogens (tertiary/aromatic N) is 1. The maximum atomic E-state index is 13.8. The lowest BCUT2D eigenvalue weighted by molar-refractivity contribution is -0.131. The van der Waals surface area contributed by atoms with Crippen molar-refractivity contribution in [3.63, 3.8) is 0 Å². The highest BCUT2D eigenvalue weighted by Gasteiger charge is 2.15. The van der Waals surface area contributed by atoms with Gasteiger partial charge in [-0.1, -0.05) is 12.1 Å². The molecule has 0 fully saturated rings. The summed E-state index contributed by atoms with van der Waals surface area (Å²) in [5.74, 6) is -1.03. The molecule has 0 radical (unpaired) electrons. The number of hydrogen-bond acceptors (Lipinski definition) is 3. The van der Waals surface area contributed by atoms with Crippen molar-refractivity contribution >= 4 is 11.9 Å². The van der Waals surface area contributed by atoms with Gasteiger partial charge in [0.05, 0.1) is 11.9 Å². The average Bonchev–Trinajstić information content (AvgIpc) is 2.72. The van der Waals surface area contributed by atoms with Gasteiger partial charge >= 0.3 is 5.97 Å². The summed E-state index contributed by atoms with van der Waals surface area (Å²) >= 11 is 0. The second-order valence-corrected chi connectivity index (χ2v) is 4.02. The fourth-order valence-electron chi connectivity index (χ4n) is 1.80. The first kappa shape index (κ1) is 13.0. The van der Waals surface area contributed by atoms with E-state index >= 15 is 0 Å². The Morgan fingerprint density at radius 3 is 2.47 bits per heavy atom. The van der Waals surface area contributed by atoms with E-state index in [9.17, 15) is 14.0 Å². The van der Waals surface area contributed by atoms with Crippen molar-refractivity contribution in [3.8, 4) is 17.0 Å². The summed E-state index contributed by atoms with van der Waals surface area (Å²) < 4.78 is 19.9. The third-order valence-electron chi connectivity index (χ3n) is 2.55. The lowest BCUT2D eigenvalue weighted by Gasteiger charge is -2.05. The van der Waals surface area contributed by atoms with Gasteiger partial charge in [0, 0.05) is 25.5 Å². The highest BCUT2D eigenvalue weighted by Crippen LogP contribution is 2.28. The molecule has 98 valence electrons. The first-order chi connectivity index (χ1) is 8.99. The lowest BCUT2D eigenvalue weighted by atomic mass is 10.1. The fourth-order valence-corrected chi connectivity index (χ4v) is 1.80. The second-order valence-electron chi connectivity index (χ2n) is 4.02. The number of rotatable bonds is 2. The first-order valence-electron chi connectivity index (χ1n) is 5.65. The van der Waals surface area contributed by atoms with E-state index in [1.807, 2.05) is 0 Å². The number of esters is 1. The number of hydrogen-bond donors (Lipinski definition) is 0. The molecule has 0 atom stereocenters. The van der Waals surface area contributed by atoms with Crippen LogP contribution in [-0.2, 0) is 4.79 Å². The van der Waals surface area contributed by atoms with Crippen LogP contribution in [0.3, 0.4) is 0 Å². The van der Waals surface area contributed by atoms with Crippen molar-refractivity contribution in [2.24, 2.45) is 0 Å². The molecule has 4 nitrogen and oxygen atoms in total. The quantitative estimate of drug-likeness (QED) is 0.781. The summed E-state index contributed by atoms with van der Waals surface area (Å²) in [6.45, 7) is 2.61. The van der Waals surface area contributed by atoms with Crippen LogP contribution in [0.5, 0.6) is 5.75 Å². The molecule has 0 unspecified atom stereocenters. The van der Waals surface area contributed by atoms with Gasteiger partial charge in [0.1, 0.15) is 11.6 Å². The standard InChI is InChI=1S/C14H12FNO3/c1-9(17)16-8-11(19-10(2)18)7-14(16)12-5-3-4-6-13(12)15/h3-8H,1-2H3. The Labute approximate surface area is 109 Å². The molecule has 0 saturated carbocycles. The molecule has 0 saturated heterocycles. The number of carbonyl (C=O) groups is 2. The van der Waals surface area contributed by atoms with E-state index in [1.54, 1.807) is 18.2 Å². The van der Waals surface area contributed by atoms with Gasteiger partial charge in [0.2, 0.25) is 5.91 Å². The molecule has 0 aliphatic rings. The Morgan fingerprint density at radius 1 is 1.21 bits per heavy atom. The Kier molecular flexibility index (Phi) is 3.46. The van der Waals surface area contributed by atoms with E-state index in [0.29, 0.717) is 5.69 Å². The third-order valence-corrected chi connectivity index (χ3v) is 2.55. The second kappa shape index (κ2) is 5.06. The molecular weight excluding hydrogens is 249 g/mol. The molecule has 2 aromatic rings. The largest absolute Gasteiger partial charge is 0.425 e. The van der Waals surface area contributed by atoms with E-state index in [1.165, 1.54) is 36.7 Å². The van der Waals surface area contributed by atoms with Crippen molar-refractivity contribution in [3.05, 3.63) is 42.3 Å². The van der Waals surface area contributed by atoms with E-state index < -0.39 is 11.8 Å². The third kappa shape index (κ3) is 2.70. The van der Waals surface area contributed by atoms with E-state index in [0.717, 1.165) is 0 Å². The molecule has 0 bridgehead atoms. The Balaban J connectivity index is 2.55. The van der Waals surface area contributed by atoms with Gasteiger partial charge in [-0.2, -0.15) is 0 Å². The normalized spacial score (nSPS) is 10.3. The van der Waals surface area contributed by atoms with Crippen LogP contribution < -0.4 is 4.74 Å². The Morgan fingerprint density at radius 2 is 1.89 bits per heavy atom. The molecule has 0 spiro atoms. The monoisotopic (exact) mass is 261 g/mol. The molecule has 0 N–H and O–H groups in total. The topological polar surface area (TPSA) is 48.3 Å². The highest BCUT2D eigenvalue weighted by molar-refractivity contribution is 5.84. The minimum absolute atomic E-state index is 0.209. The van der Waals surface area contributed by atoms with Gasteiger partial charge in [-0.05, 0) is 12.1 Å². The molecule has 0 aliphatic carbocycles. The molecule has 5 heteroatoms. The van der Waals surface area contributed by atoms with Crippen molar-refractivity contribution in [2.45, 2.75) is 13.8 Å². The van der Waals surface area contributed by atoms with Crippen LogP contribution >= 0.6 is 0 Å². The summed E-state index contributed by atoms with van der Waals surface area (Å²) in [6, 6.07) is 7.55. The molecule has 19 heavy (non-hydrogen) atoms. The van der Waals surface area contributed by atoms with Gasteiger partial charge in [-0.3, -0.25) is 14.2 Å². The summed E-state index contributed by atoms with van der Waals surface area (Å²) in [5, 5.41) is 0. The number of halogens is 1. The average molecular weight is 261 g/mol. The van der Waals surface area contributed by atoms with Crippen LogP contribution in [0.25, 0.3) is 11.3 Å². The Bertz CT molecular complexity index is 646. The van der Waals surface area contributed by atoms with Crippen molar-refractivity contribution < 1.29 is 18.7 Å². The summed E-state index contributed by atoms with van der Waals surface area (Å²) in [7, 11) is 0. The van der Waals surface area contributed by atoms with Crippen LogP contribution in [0.1, 0.15) is 18.6 Å². The SMILES string of the molecule is CC(=O)Oc1cc(-c2ccccc2F)n(C(C)=O)c1. The van der Waals surface area contributed by atoms with Crippen molar-refractivity contribution in [2.75, 3.05) is 0 Å². The van der Waals surface area contributed by atoms with Crippen molar-refractivity contribution in [1.82, 2.24) is 4.57 Å². The van der Waals surface area contributed by atoms with Crippen LogP contribution in [0, 0.1) is 5.82 Å². The molecule has 0 amide bonds. The van der Waals surface area contributed by atoms with Crippen LogP contribution in [-0.4, -0.2) is 16.4 Å².